The SMILES string of the molecule is COC(=O)C1=C[C@@H]2O[C@@]1(C)C1C(=O)C(c3c(C)cc(C)cc3C)=C(O)C12. The van der Waals surface area contributed by atoms with E-state index in [4.69, 9.17) is 9.47 Å². The van der Waals surface area contributed by atoms with Crippen LogP contribution < -0.4 is 0 Å². The van der Waals surface area contributed by atoms with Crippen molar-refractivity contribution in [1.82, 2.24) is 0 Å². The van der Waals surface area contributed by atoms with Crippen LogP contribution in [0.3, 0.4) is 0 Å². The van der Waals surface area contributed by atoms with Crippen LogP contribution in [0.4, 0.5) is 0 Å². The quantitative estimate of drug-likeness (QED) is 0.827. The molecule has 0 saturated carbocycles. The number of fused-ring (bicyclic) bond motifs is 5. The molecule has 136 valence electrons. The zero-order chi connectivity index (χ0) is 19.0. The number of rotatable bonds is 2. The smallest absolute Gasteiger partial charge is 0.336 e. The number of hydrogen-bond acceptors (Lipinski definition) is 5. The molecule has 26 heavy (non-hydrogen) atoms. The molecule has 4 atom stereocenters. The fraction of sp³-hybridized carbons (Fsp3) is 0.429. The van der Waals surface area contributed by atoms with E-state index < -0.39 is 29.5 Å². The van der Waals surface area contributed by atoms with Gasteiger partial charge in [0.05, 0.1) is 36.2 Å². The minimum absolute atomic E-state index is 0.0731. The van der Waals surface area contributed by atoms with Gasteiger partial charge in [-0.25, -0.2) is 4.79 Å². The number of benzene rings is 1. The number of aliphatic hydroxyl groups is 1. The summed E-state index contributed by atoms with van der Waals surface area (Å²) in [4.78, 5) is 25.5. The maximum absolute atomic E-state index is 13.4. The first-order valence-electron chi connectivity index (χ1n) is 8.74. The van der Waals surface area contributed by atoms with Crippen molar-refractivity contribution < 1.29 is 24.2 Å². The van der Waals surface area contributed by atoms with Crippen LogP contribution in [-0.4, -0.2) is 35.7 Å². The maximum atomic E-state index is 13.4. The normalized spacial score (nSPS) is 32.1. The Hall–Kier alpha value is -2.40. The highest BCUT2D eigenvalue weighted by Crippen LogP contribution is 2.59. The van der Waals surface area contributed by atoms with Gasteiger partial charge in [-0.05, 0) is 50.5 Å². The number of aliphatic hydroxyl groups excluding tert-OH is 1. The van der Waals surface area contributed by atoms with Crippen molar-refractivity contribution in [3.05, 3.63) is 51.8 Å². The Bertz CT molecular complexity index is 899. The van der Waals surface area contributed by atoms with Crippen molar-refractivity contribution in [2.24, 2.45) is 11.8 Å². The molecule has 5 heteroatoms. The highest BCUT2D eigenvalue weighted by atomic mass is 16.5. The molecule has 0 amide bonds. The van der Waals surface area contributed by atoms with Gasteiger partial charge in [0.1, 0.15) is 11.4 Å². The van der Waals surface area contributed by atoms with Gasteiger partial charge in [0.25, 0.3) is 0 Å². The van der Waals surface area contributed by atoms with E-state index in [0.717, 1.165) is 22.3 Å². The van der Waals surface area contributed by atoms with E-state index in [1.165, 1.54) is 7.11 Å². The first-order chi connectivity index (χ1) is 12.2. The molecule has 5 nitrogen and oxygen atoms in total. The van der Waals surface area contributed by atoms with Crippen LogP contribution >= 0.6 is 0 Å². The number of carbonyl (C=O) groups excluding carboxylic acids is 2. The van der Waals surface area contributed by atoms with Crippen LogP contribution in [0.2, 0.25) is 0 Å². The Kier molecular flexibility index (Phi) is 3.47. The summed E-state index contributed by atoms with van der Waals surface area (Å²) in [7, 11) is 1.31. The maximum Gasteiger partial charge on any atom is 0.336 e. The van der Waals surface area contributed by atoms with Gasteiger partial charge in [-0.1, -0.05) is 17.7 Å². The summed E-state index contributed by atoms with van der Waals surface area (Å²) in [5.74, 6) is -1.64. The summed E-state index contributed by atoms with van der Waals surface area (Å²) in [6, 6.07) is 4.02. The Morgan fingerprint density at radius 2 is 1.85 bits per heavy atom. The molecular formula is C21H22O5. The predicted molar refractivity (Wildman–Crippen MR) is 95.6 cm³/mol. The van der Waals surface area contributed by atoms with Crippen molar-refractivity contribution in [3.8, 4) is 0 Å². The highest BCUT2D eigenvalue weighted by Gasteiger charge is 2.67. The molecule has 1 saturated heterocycles. The molecular weight excluding hydrogens is 332 g/mol. The molecule has 1 aromatic rings. The summed E-state index contributed by atoms with van der Waals surface area (Å²) in [6.07, 6.45) is 1.19. The molecule has 0 radical (unpaired) electrons. The van der Waals surface area contributed by atoms with E-state index in [2.05, 4.69) is 0 Å². The van der Waals surface area contributed by atoms with E-state index in [1.54, 1.807) is 13.0 Å². The number of ketones is 1. The Balaban J connectivity index is 1.84. The van der Waals surface area contributed by atoms with Crippen LogP contribution in [0.25, 0.3) is 5.57 Å². The topological polar surface area (TPSA) is 72.8 Å². The molecule has 1 N–H and O–H groups in total. The molecule has 2 bridgehead atoms. The molecule has 2 heterocycles. The van der Waals surface area contributed by atoms with Gasteiger partial charge in [0.15, 0.2) is 5.78 Å². The molecule has 1 aromatic carbocycles. The molecule has 3 aliphatic rings. The fourth-order valence-electron chi connectivity index (χ4n) is 5.04. The summed E-state index contributed by atoms with van der Waals surface area (Å²) >= 11 is 0. The fourth-order valence-corrected chi connectivity index (χ4v) is 5.04. The van der Waals surface area contributed by atoms with Crippen LogP contribution in [0.15, 0.2) is 29.5 Å². The number of ether oxygens (including phenoxy) is 2. The largest absolute Gasteiger partial charge is 0.511 e. The molecule has 0 spiro atoms. The predicted octanol–water partition coefficient (Wildman–Crippen LogP) is 2.97. The van der Waals surface area contributed by atoms with Crippen LogP contribution in [0, 0.1) is 32.6 Å². The molecule has 1 fully saturated rings. The summed E-state index contributed by atoms with van der Waals surface area (Å²) in [5.41, 5.74) is 3.48. The number of hydrogen-bond donors (Lipinski definition) is 1. The third-order valence-electron chi connectivity index (χ3n) is 5.99. The number of aryl methyl sites for hydroxylation is 3. The minimum Gasteiger partial charge on any atom is -0.511 e. The third kappa shape index (κ3) is 1.95. The van der Waals surface area contributed by atoms with Crippen molar-refractivity contribution >= 4 is 17.3 Å². The molecule has 1 aliphatic carbocycles. The second kappa shape index (κ2) is 5.30. The van der Waals surface area contributed by atoms with Crippen LogP contribution in [-0.2, 0) is 19.1 Å². The third-order valence-corrected chi connectivity index (χ3v) is 5.99. The van der Waals surface area contributed by atoms with Gasteiger partial charge < -0.3 is 14.6 Å². The first kappa shape index (κ1) is 17.0. The summed E-state index contributed by atoms with van der Waals surface area (Å²) in [6.45, 7) is 7.64. The lowest BCUT2D eigenvalue weighted by Crippen LogP contribution is -2.42. The van der Waals surface area contributed by atoms with E-state index in [0.29, 0.717) is 11.1 Å². The van der Waals surface area contributed by atoms with Gasteiger partial charge in [-0.15, -0.1) is 0 Å². The van der Waals surface area contributed by atoms with Crippen LogP contribution in [0.1, 0.15) is 29.2 Å². The second-order valence-corrected chi connectivity index (χ2v) is 7.66. The molecule has 2 aliphatic heterocycles. The van der Waals surface area contributed by atoms with Crippen molar-refractivity contribution in [3.63, 3.8) is 0 Å². The zero-order valence-electron chi connectivity index (χ0n) is 15.5. The summed E-state index contributed by atoms with van der Waals surface area (Å²) in [5, 5.41) is 11.0. The van der Waals surface area contributed by atoms with E-state index in [9.17, 15) is 14.7 Å². The Morgan fingerprint density at radius 1 is 1.23 bits per heavy atom. The molecule has 4 rings (SSSR count). The Labute approximate surface area is 152 Å². The number of methoxy groups -OCH3 is 1. The van der Waals surface area contributed by atoms with Gasteiger partial charge >= 0.3 is 5.97 Å². The number of esters is 1. The van der Waals surface area contributed by atoms with Gasteiger partial charge in [0, 0.05) is 0 Å². The van der Waals surface area contributed by atoms with Gasteiger partial charge in [0.2, 0.25) is 0 Å². The highest BCUT2D eigenvalue weighted by molar-refractivity contribution is 6.26. The van der Waals surface area contributed by atoms with E-state index in [-0.39, 0.29) is 11.5 Å². The monoisotopic (exact) mass is 354 g/mol. The standard InChI is InChI=1S/C21H22O5/c1-9-6-10(2)14(11(3)7-9)16-18(22)15-13-8-12(20(24)25-5)21(4,26-13)17(15)19(16)23/h6-8,13,15,17,22H,1-5H3/t13-,15?,17?,21+/m0/s1. The van der Waals surface area contributed by atoms with Gasteiger partial charge in [-0.2, -0.15) is 0 Å². The molecule has 0 aromatic heterocycles. The van der Waals surface area contributed by atoms with Crippen LogP contribution in [0.5, 0.6) is 0 Å². The lowest BCUT2D eigenvalue weighted by atomic mass is 9.72. The molecule has 2 unspecified atom stereocenters. The van der Waals surface area contributed by atoms with Gasteiger partial charge in [-0.3, -0.25) is 4.79 Å². The number of carbonyl (C=O) groups is 2. The number of Topliss-reactive ketones (excluding diaryl/α,β-unsaturated/α-hetero) is 1. The second-order valence-electron chi connectivity index (χ2n) is 7.66. The lowest BCUT2D eigenvalue weighted by molar-refractivity contribution is -0.139. The van der Waals surface area contributed by atoms with Crippen molar-refractivity contribution in [1.29, 1.82) is 0 Å². The zero-order valence-corrected chi connectivity index (χ0v) is 15.5. The Morgan fingerprint density at radius 3 is 2.42 bits per heavy atom. The lowest BCUT2D eigenvalue weighted by Gasteiger charge is -2.29. The number of allylic oxidation sites excluding steroid dienone is 1. The average molecular weight is 354 g/mol. The average Bonchev–Trinajstić information content (AvgIpc) is 3.14. The first-order valence-corrected chi connectivity index (χ1v) is 8.74. The minimum atomic E-state index is -1.07. The summed E-state index contributed by atoms with van der Waals surface area (Å²) < 4.78 is 10.8. The van der Waals surface area contributed by atoms with Crippen molar-refractivity contribution in [2.75, 3.05) is 7.11 Å². The van der Waals surface area contributed by atoms with E-state index in [1.807, 2.05) is 32.9 Å². The van der Waals surface area contributed by atoms with Crippen molar-refractivity contribution in [2.45, 2.75) is 39.4 Å². The van der Waals surface area contributed by atoms with E-state index >= 15 is 0 Å².